The van der Waals surface area contributed by atoms with Crippen LogP contribution in [0.15, 0.2) is 28.8 Å². The summed E-state index contributed by atoms with van der Waals surface area (Å²) in [5.74, 6) is 0.570. The highest BCUT2D eigenvalue weighted by atomic mass is 79.9. The van der Waals surface area contributed by atoms with Gasteiger partial charge in [0.1, 0.15) is 0 Å². The summed E-state index contributed by atoms with van der Waals surface area (Å²) in [7, 11) is 0. The summed E-state index contributed by atoms with van der Waals surface area (Å²) in [5, 5.41) is 3.32. The molecule has 1 rings (SSSR count). The summed E-state index contributed by atoms with van der Waals surface area (Å²) >= 11 is 9.08. The molecular formula is C12H15BrClN. The Morgan fingerprint density at radius 1 is 1.27 bits per heavy atom. The lowest BCUT2D eigenvalue weighted by Crippen LogP contribution is -1.99. The number of anilines is 1. The predicted octanol–water partition coefficient (Wildman–Crippen LogP) is 4.27. The van der Waals surface area contributed by atoms with Crippen LogP contribution in [-0.2, 0) is 0 Å². The quantitative estimate of drug-likeness (QED) is 0.644. The lowest BCUT2D eigenvalue weighted by Gasteiger charge is -2.08. The zero-order valence-electron chi connectivity index (χ0n) is 8.98. The highest BCUT2D eigenvalue weighted by Gasteiger charge is 2.00. The molecule has 3 heteroatoms. The number of allylic oxidation sites excluding steroid dienone is 1. The van der Waals surface area contributed by atoms with E-state index in [4.69, 9.17) is 11.6 Å². The molecule has 0 spiro atoms. The molecular weight excluding hydrogens is 273 g/mol. The summed E-state index contributed by atoms with van der Waals surface area (Å²) in [4.78, 5) is 0. The van der Waals surface area contributed by atoms with Gasteiger partial charge in [0.15, 0.2) is 0 Å². The van der Waals surface area contributed by atoms with Crippen LogP contribution in [0.2, 0.25) is 0 Å². The molecule has 0 fully saturated rings. The van der Waals surface area contributed by atoms with Crippen molar-refractivity contribution in [1.29, 1.82) is 0 Å². The summed E-state index contributed by atoms with van der Waals surface area (Å²) < 4.78 is 1.18. The summed E-state index contributed by atoms with van der Waals surface area (Å²) in [6.07, 6.45) is 3.97. The minimum atomic E-state index is 0.570. The zero-order chi connectivity index (χ0) is 11.3. The standard InChI is InChI=1S/C12H15BrClN/c1-9-7-11(8-10(2)12(9)13)15-6-4-3-5-14/h3-4,7-8,15H,5-6H2,1-2H3/b4-3+. The van der Waals surface area contributed by atoms with Gasteiger partial charge in [0.05, 0.1) is 0 Å². The van der Waals surface area contributed by atoms with Gasteiger partial charge in [0, 0.05) is 22.6 Å². The Kier molecular flexibility index (Phi) is 5.20. The van der Waals surface area contributed by atoms with Crippen LogP contribution in [0.4, 0.5) is 5.69 Å². The van der Waals surface area contributed by atoms with Gasteiger partial charge >= 0.3 is 0 Å². The lowest BCUT2D eigenvalue weighted by molar-refractivity contribution is 1.28. The molecule has 0 bridgehead atoms. The molecule has 1 N–H and O–H groups in total. The largest absolute Gasteiger partial charge is 0.382 e. The van der Waals surface area contributed by atoms with Crippen LogP contribution < -0.4 is 5.32 Å². The number of alkyl halides is 1. The lowest BCUT2D eigenvalue weighted by atomic mass is 10.1. The van der Waals surface area contributed by atoms with E-state index in [1.165, 1.54) is 15.6 Å². The van der Waals surface area contributed by atoms with E-state index in [2.05, 4.69) is 47.2 Å². The maximum atomic E-state index is 5.53. The van der Waals surface area contributed by atoms with Crippen molar-refractivity contribution >= 4 is 33.2 Å². The molecule has 0 aliphatic carbocycles. The van der Waals surface area contributed by atoms with Gasteiger partial charge in [-0.15, -0.1) is 11.6 Å². The molecule has 0 aromatic heterocycles. The molecule has 0 amide bonds. The minimum Gasteiger partial charge on any atom is -0.382 e. The van der Waals surface area contributed by atoms with E-state index in [-0.39, 0.29) is 0 Å². The minimum absolute atomic E-state index is 0.570. The van der Waals surface area contributed by atoms with Crippen molar-refractivity contribution in [3.8, 4) is 0 Å². The van der Waals surface area contributed by atoms with E-state index in [1.54, 1.807) is 0 Å². The molecule has 0 atom stereocenters. The van der Waals surface area contributed by atoms with E-state index in [0.29, 0.717) is 5.88 Å². The normalized spacial score (nSPS) is 10.9. The highest BCUT2D eigenvalue weighted by Crippen LogP contribution is 2.24. The Morgan fingerprint density at radius 2 is 1.87 bits per heavy atom. The average Bonchev–Trinajstić information content (AvgIpc) is 2.21. The fourth-order valence-corrected chi connectivity index (χ4v) is 1.73. The van der Waals surface area contributed by atoms with Crippen molar-refractivity contribution in [2.75, 3.05) is 17.7 Å². The average molecular weight is 289 g/mol. The maximum Gasteiger partial charge on any atom is 0.0404 e. The number of hydrogen-bond acceptors (Lipinski definition) is 1. The summed E-state index contributed by atoms with van der Waals surface area (Å²) in [6, 6.07) is 4.26. The number of benzene rings is 1. The van der Waals surface area contributed by atoms with E-state index in [0.717, 1.165) is 12.2 Å². The van der Waals surface area contributed by atoms with Gasteiger partial charge in [-0.3, -0.25) is 0 Å². The molecule has 0 saturated heterocycles. The second-order valence-corrected chi connectivity index (χ2v) is 4.53. The van der Waals surface area contributed by atoms with Crippen molar-refractivity contribution in [3.05, 3.63) is 39.9 Å². The maximum absolute atomic E-state index is 5.53. The summed E-state index contributed by atoms with van der Waals surface area (Å²) in [6.45, 7) is 5.00. The first-order valence-electron chi connectivity index (χ1n) is 4.86. The van der Waals surface area contributed by atoms with Gasteiger partial charge in [0.2, 0.25) is 0 Å². The molecule has 0 radical (unpaired) electrons. The number of aryl methyl sites for hydroxylation is 2. The molecule has 0 aliphatic heterocycles. The van der Waals surface area contributed by atoms with Gasteiger partial charge in [-0.1, -0.05) is 28.1 Å². The van der Waals surface area contributed by atoms with E-state index >= 15 is 0 Å². The highest BCUT2D eigenvalue weighted by molar-refractivity contribution is 9.10. The topological polar surface area (TPSA) is 12.0 Å². The molecule has 15 heavy (non-hydrogen) atoms. The number of halogens is 2. The van der Waals surface area contributed by atoms with Crippen molar-refractivity contribution in [3.63, 3.8) is 0 Å². The fraction of sp³-hybridized carbons (Fsp3) is 0.333. The van der Waals surface area contributed by atoms with E-state index in [9.17, 15) is 0 Å². The second kappa shape index (κ2) is 6.19. The Morgan fingerprint density at radius 3 is 2.40 bits per heavy atom. The van der Waals surface area contributed by atoms with Crippen LogP contribution in [0, 0.1) is 13.8 Å². The Labute approximate surface area is 105 Å². The Hall–Kier alpha value is -0.470. The molecule has 82 valence electrons. The van der Waals surface area contributed by atoms with E-state index < -0.39 is 0 Å². The van der Waals surface area contributed by atoms with Gasteiger partial charge in [-0.2, -0.15) is 0 Å². The zero-order valence-corrected chi connectivity index (χ0v) is 11.3. The van der Waals surface area contributed by atoms with Crippen LogP contribution in [0.3, 0.4) is 0 Å². The van der Waals surface area contributed by atoms with Crippen molar-refractivity contribution < 1.29 is 0 Å². The van der Waals surface area contributed by atoms with Crippen LogP contribution in [0.5, 0.6) is 0 Å². The first-order chi connectivity index (χ1) is 7.15. The Bertz CT molecular complexity index is 338. The van der Waals surface area contributed by atoms with E-state index in [1.807, 2.05) is 12.2 Å². The third kappa shape index (κ3) is 3.88. The number of rotatable bonds is 4. The molecule has 0 heterocycles. The van der Waals surface area contributed by atoms with Crippen LogP contribution in [-0.4, -0.2) is 12.4 Å². The van der Waals surface area contributed by atoms with Gasteiger partial charge in [0.25, 0.3) is 0 Å². The van der Waals surface area contributed by atoms with Crippen molar-refractivity contribution in [1.82, 2.24) is 0 Å². The molecule has 0 saturated carbocycles. The monoisotopic (exact) mass is 287 g/mol. The van der Waals surface area contributed by atoms with Crippen LogP contribution in [0.25, 0.3) is 0 Å². The first kappa shape index (κ1) is 12.6. The van der Waals surface area contributed by atoms with Gasteiger partial charge in [-0.25, -0.2) is 0 Å². The van der Waals surface area contributed by atoms with Crippen LogP contribution in [0.1, 0.15) is 11.1 Å². The predicted molar refractivity (Wildman–Crippen MR) is 72.0 cm³/mol. The fourth-order valence-electron chi connectivity index (χ4n) is 1.37. The molecule has 0 aliphatic rings. The number of nitrogens with one attached hydrogen (secondary N) is 1. The number of hydrogen-bond donors (Lipinski definition) is 1. The van der Waals surface area contributed by atoms with Crippen molar-refractivity contribution in [2.45, 2.75) is 13.8 Å². The molecule has 0 unspecified atom stereocenters. The first-order valence-corrected chi connectivity index (χ1v) is 6.19. The smallest absolute Gasteiger partial charge is 0.0404 e. The second-order valence-electron chi connectivity index (χ2n) is 3.43. The SMILES string of the molecule is Cc1cc(NC/C=C/CCl)cc(C)c1Br. The van der Waals surface area contributed by atoms with Gasteiger partial charge < -0.3 is 5.32 Å². The summed E-state index contributed by atoms with van der Waals surface area (Å²) in [5.41, 5.74) is 3.64. The molecule has 1 aromatic carbocycles. The van der Waals surface area contributed by atoms with Gasteiger partial charge in [-0.05, 0) is 37.1 Å². The third-order valence-electron chi connectivity index (χ3n) is 2.12. The Balaban J connectivity index is 2.66. The molecule has 1 nitrogen and oxygen atoms in total. The van der Waals surface area contributed by atoms with Crippen LogP contribution >= 0.6 is 27.5 Å². The van der Waals surface area contributed by atoms with Crippen molar-refractivity contribution in [2.24, 2.45) is 0 Å². The third-order valence-corrected chi connectivity index (χ3v) is 3.55. The molecule has 1 aromatic rings.